The van der Waals surface area contributed by atoms with Crippen molar-refractivity contribution in [3.8, 4) is 17.2 Å². The molecule has 3 nitrogen and oxygen atoms in total. The van der Waals surface area contributed by atoms with Crippen molar-refractivity contribution in [2.45, 2.75) is 0 Å². The summed E-state index contributed by atoms with van der Waals surface area (Å²) >= 11 is 0. The fourth-order valence-corrected chi connectivity index (χ4v) is 1.48. The second kappa shape index (κ2) is 3.10. The van der Waals surface area contributed by atoms with Gasteiger partial charge < -0.3 is 14.9 Å². The van der Waals surface area contributed by atoms with E-state index < -0.39 is 0 Å². The lowest BCUT2D eigenvalue weighted by Gasteiger charge is -2.07. The Bertz CT molecular complexity index is 472. The monoisotopic (exact) mass is 190 g/mol. The number of rotatable bonds is 1. The molecule has 2 aromatic carbocycles. The van der Waals surface area contributed by atoms with Gasteiger partial charge in [0.25, 0.3) is 0 Å². The van der Waals surface area contributed by atoms with E-state index in [0.29, 0.717) is 11.1 Å². The molecule has 0 aliphatic rings. The lowest BCUT2D eigenvalue weighted by atomic mass is 10.1. The average molecular weight is 190 g/mol. The molecule has 2 aromatic rings. The molecule has 0 saturated carbocycles. The van der Waals surface area contributed by atoms with Crippen LogP contribution in [-0.2, 0) is 0 Å². The van der Waals surface area contributed by atoms with Crippen molar-refractivity contribution in [3.63, 3.8) is 0 Å². The summed E-state index contributed by atoms with van der Waals surface area (Å²) < 4.78 is 5.05. The van der Waals surface area contributed by atoms with E-state index in [4.69, 9.17) is 4.74 Å². The minimum atomic E-state index is 0.0746. The van der Waals surface area contributed by atoms with Crippen LogP contribution < -0.4 is 4.74 Å². The molecule has 72 valence electrons. The summed E-state index contributed by atoms with van der Waals surface area (Å²) in [6.07, 6.45) is 0. The van der Waals surface area contributed by atoms with E-state index in [0.717, 1.165) is 5.39 Å². The molecule has 2 N–H and O–H groups in total. The molecule has 0 fully saturated rings. The number of phenolic OH excluding ortho intramolecular Hbond substituents is 2. The number of hydrogen-bond donors (Lipinski definition) is 2. The van der Waals surface area contributed by atoms with Gasteiger partial charge in [0.05, 0.1) is 7.11 Å². The molecule has 0 aliphatic carbocycles. The first kappa shape index (κ1) is 8.69. The van der Waals surface area contributed by atoms with Gasteiger partial charge in [-0.15, -0.1) is 0 Å². The molecular formula is C11H10O3. The van der Waals surface area contributed by atoms with Crippen molar-refractivity contribution in [3.05, 3.63) is 30.3 Å². The Hall–Kier alpha value is -1.90. The van der Waals surface area contributed by atoms with Crippen molar-refractivity contribution in [1.82, 2.24) is 0 Å². The Morgan fingerprint density at radius 2 is 1.79 bits per heavy atom. The third kappa shape index (κ3) is 1.23. The highest BCUT2D eigenvalue weighted by Crippen LogP contribution is 2.35. The van der Waals surface area contributed by atoms with Gasteiger partial charge in [0.1, 0.15) is 5.75 Å². The molecule has 0 amide bonds. The molecule has 0 aliphatic heterocycles. The number of phenols is 2. The van der Waals surface area contributed by atoms with E-state index in [1.807, 2.05) is 0 Å². The summed E-state index contributed by atoms with van der Waals surface area (Å²) in [4.78, 5) is 0. The van der Waals surface area contributed by atoms with Gasteiger partial charge in [0.2, 0.25) is 0 Å². The maximum atomic E-state index is 9.49. The molecule has 0 unspecified atom stereocenters. The molecule has 14 heavy (non-hydrogen) atoms. The van der Waals surface area contributed by atoms with Gasteiger partial charge >= 0.3 is 0 Å². The first-order chi connectivity index (χ1) is 6.72. The number of benzene rings is 2. The SMILES string of the molecule is COc1c(O)ccc2ccc(O)cc12. The average Bonchev–Trinajstić information content (AvgIpc) is 2.17. The van der Waals surface area contributed by atoms with Crippen LogP contribution in [-0.4, -0.2) is 17.3 Å². The summed E-state index contributed by atoms with van der Waals surface area (Å²) in [6, 6.07) is 8.27. The van der Waals surface area contributed by atoms with Crippen LogP contribution in [0.1, 0.15) is 0 Å². The van der Waals surface area contributed by atoms with Gasteiger partial charge in [-0.25, -0.2) is 0 Å². The Morgan fingerprint density at radius 1 is 1.07 bits per heavy atom. The summed E-state index contributed by atoms with van der Waals surface area (Å²) in [7, 11) is 1.48. The summed E-state index contributed by atoms with van der Waals surface area (Å²) in [5.41, 5.74) is 0. The molecule has 0 heterocycles. The van der Waals surface area contributed by atoms with Gasteiger partial charge in [0.15, 0.2) is 11.5 Å². The topological polar surface area (TPSA) is 49.7 Å². The van der Waals surface area contributed by atoms with Crippen molar-refractivity contribution < 1.29 is 14.9 Å². The zero-order valence-corrected chi connectivity index (χ0v) is 7.69. The van der Waals surface area contributed by atoms with Gasteiger partial charge in [-0.05, 0) is 23.6 Å². The summed E-state index contributed by atoms with van der Waals surface area (Å²) in [5, 5.41) is 20.4. The quantitative estimate of drug-likeness (QED) is 0.725. The molecular weight excluding hydrogens is 180 g/mol. The smallest absolute Gasteiger partial charge is 0.168 e. The molecule has 3 heteroatoms. The van der Waals surface area contributed by atoms with Crippen LogP contribution in [0.3, 0.4) is 0 Å². The molecule has 0 spiro atoms. The second-order valence-electron chi connectivity index (χ2n) is 3.02. The minimum absolute atomic E-state index is 0.0746. The molecule has 0 saturated heterocycles. The Balaban J connectivity index is 2.84. The zero-order chi connectivity index (χ0) is 10.1. The van der Waals surface area contributed by atoms with Crippen LogP contribution in [0, 0.1) is 0 Å². The maximum Gasteiger partial charge on any atom is 0.168 e. The summed E-state index contributed by atoms with van der Waals surface area (Å²) in [6.45, 7) is 0. The Kier molecular flexibility index (Phi) is 1.93. The van der Waals surface area contributed by atoms with Crippen LogP contribution in [0.15, 0.2) is 30.3 Å². The fraction of sp³-hybridized carbons (Fsp3) is 0.0909. The lowest BCUT2D eigenvalue weighted by molar-refractivity contribution is 0.378. The first-order valence-electron chi connectivity index (χ1n) is 4.21. The normalized spacial score (nSPS) is 10.4. The predicted octanol–water partition coefficient (Wildman–Crippen LogP) is 2.26. The highest BCUT2D eigenvalue weighted by atomic mass is 16.5. The van der Waals surface area contributed by atoms with E-state index in [-0.39, 0.29) is 11.5 Å². The standard InChI is InChI=1S/C11H10O3/c1-14-11-9-6-8(12)4-2-7(9)3-5-10(11)13/h2-6,12-13H,1H3. The third-order valence-electron chi connectivity index (χ3n) is 2.14. The number of methoxy groups -OCH3 is 1. The van der Waals surface area contributed by atoms with E-state index >= 15 is 0 Å². The van der Waals surface area contributed by atoms with E-state index in [2.05, 4.69) is 0 Å². The maximum absolute atomic E-state index is 9.49. The molecule has 2 rings (SSSR count). The number of ether oxygens (including phenoxy) is 1. The number of fused-ring (bicyclic) bond motifs is 1. The zero-order valence-electron chi connectivity index (χ0n) is 7.69. The van der Waals surface area contributed by atoms with Crippen molar-refractivity contribution in [2.75, 3.05) is 7.11 Å². The largest absolute Gasteiger partial charge is 0.508 e. The first-order valence-corrected chi connectivity index (χ1v) is 4.21. The molecule has 0 radical (unpaired) electrons. The van der Waals surface area contributed by atoms with Gasteiger partial charge in [-0.2, -0.15) is 0 Å². The lowest BCUT2D eigenvalue weighted by Crippen LogP contribution is -1.85. The van der Waals surface area contributed by atoms with E-state index in [9.17, 15) is 10.2 Å². The fourth-order valence-electron chi connectivity index (χ4n) is 1.48. The van der Waals surface area contributed by atoms with Crippen LogP contribution in [0.4, 0.5) is 0 Å². The van der Waals surface area contributed by atoms with Crippen LogP contribution >= 0.6 is 0 Å². The molecule has 0 atom stereocenters. The third-order valence-corrected chi connectivity index (χ3v) is 2.14. The predicted molar refractivity (Wildman–Crippen MR) is 53.8 cm³/mol. The number of hydrogen-bond acceptors (Lipinski definition) is 3. The van der Waals surface area contributed by atoms with E-state index in [1.165, 1.54) is 7.11 Å². The Labute approximate surface area is 81.2 Å². The van der Waals surface area contributed by atoms with E-state index in [1.54, 1.807) is 30.3 Å². The Morgan fingerprint density at radius 3 is 2.50 bits per heavy atom. The number of aromatic hydroxyl groups is 2. The van der Waals surface area contributed by atoms with Crippen LogP contribution in [0.25, 0.3) is 10.8 Å². The van der Waals surface area contributed by atoms with Crippen LogP contribution in [0.5, 0.6) is 17.2 Å². The van der Waals surface area contributed by atoms with Crippen molar-refractivity contribution in [1.29, 1.82) is 0 Å². The van der Waals surface area contributed by atoms with Crippen molar-refractivity contribution in [2.24, 2.45) is 0 Å². The van der Waals surface area contributed by atoms with Gasteiger partial charge in [0, 0.05) is 5.39 Å². The van der Waals surface area contributed by atoms with Crippen LogP contribution in [0.2, 0.25) is 0 Å². The highest BCUT2D eigenvalue weighted by Gasteiger charge is 2.07. The molecule has 0 bridgehead atoms. The minimum Gasteiger partial charge on any atom is -0.508 e. The second-order valence-corrected chi connectivity index (χ2v) is 3.02. The highest BCUT2D eigenvalue weighted by molar-refractivity contribution is 5.91. The van der Waals surface area contributed by atoms with Crippen molar-refractivity contribution >= 4 is 10.8 Å². The molecule has 0 aromatic heterocycles. The van der Waals surface area contributed by atoms with Gasteiger partial charge in [-0.1, -0.05) is 12.1 Å². The summed E-state index contributed by atoms with van der Waals surface area (Å²) in [5.74, 6) is 0.616. The van der Waals surface area contributed by atoms with Gasteiger partial charge in [-0.3, -0.25) is 0 Å².